The first kappa shape index (κ1) is 17.5. The lowest BCUT2D eigenvalue weighted by atomic mass is 9.80. The molecule has 0 aromatic heterocycles. The standard InChI is InChI=1S/C28H22O/c1-19-10-12-20(13-11-19)27(21-14-16-24(29)17-15-21)28-25-8-4-2-6-22(25)18-23-7-3-5-9-26(23)28/h2-18,27,29H,1H3. The van der Waals surface area contributed by atoms with Crippen molar-refractivity contribution in [1.29, 1.82) is 0 Å². The molecule has 0 aliphatic rings. The van der Waals surface area contributed by atoms with Crippen LogP contribution in [0.2, 0.25) is 0 Å². The number of aryl methyl sites for hydroxylation is 1. The smallest absolute Gasteiger partial charge is 0.115 e. The van der Waals surface area contributed by atoms with E-state index in [1.54, 1.807) is 12.1 Å². The van der Waals surface area contributed by atoms with Crippen molar-refractivity contribution in [2.45, 2.75) is 12.8 Å². The van der Waals surface area contributed by atoms with Crippen LogP contribution >= 0.6 is 0 Å². The number of hydrogen-bond acceptors (Lipinski definition) is 1. The Morgan fingerprint density at radius 2 is 1.07 bits per heavy atom. The second-order valence-corrected chi connectivity index (χ2v) is 7.67. The van der Waals surface area contributed by atoms with Gasteiger partial charge in [-0.3, -0.25) is 0 Å². The molecular weight excluding hydrogens is 352 g/mol. The molecule has 0 aliphatic heterocycles. The summed E-state index contributed by atoms with van der Waals surface area (Å²) >= 11 is 0. The zero-order valence-electron chi connectivity index (χ0n) is 16.3. The van der Waals surface area contributed by atoms with Crippen LogP contribution in [-0.4, -0.2) is 5.11 Å². The fourth-order valence-electron chi connectivity index (χ4n) is 4.31. The third-order valence-electron chi connectivity index (χ3n) is 5.74. The van der Waals surface area contributed by atoms with Crippen molar-refractivity contribution in [3.05, 3.63) is 125 Å². The normalized spacial score (nSPS) is 12.3. The highest BCUT2D eigenvalue weighted by Crippen LogP contribution is 2.41. The topological polar surface area (TPSA) is 20.2 Å². The van der Waals surface area contributed by atoms with Crippen LogP contribution in [0.4, 0.5) is 0 Å². The number of fused-ring (bicyclic) bond motifs is 2. The van der Waals surface area contributed by atoms with Gasteiger partial charge in [-0.05, 0) is 63.4 Å². The number of aromatic hydroxyl groups is 1. The van der Waals surface area contributed by atoms with Crippen molar-refractivity contribution >= 4 is 21.5 Å². The molecule has 0 heterocycles. The average molecular weight is 374 g/mol. The van der Waals surface area contributed by atoms with Crippen LogP contribution in [0, 0.1) is 6.92 Å². The molecule has 1 unspecified atom stereocenters. The quantitative estimate of drug-likeness (QED) is 0.262. The van der Waals surface area contributed by atoms with Gasteiger partial charge in [-0.15, -0.1) is 0 Å². The molecule has 5 rings (SSSR count). The third kappa shape index (κ3) is 3.15. The monoisotopic (exact) mass is 374 g/mol. The fraction of sp³-hybridized carbons (Fsp3) is 0.0714. The van der Waals surface area contributed by atoms with Gasteiger partial charge in [0, 0.05) is 5.92 Å². The Balaban J connectivity index is 1.89. The zero-order valence-corrected chi connectivity index (χ0v) is 16.3. The molecule has 0 spiro atoms. The molecule has 0 saturated carbocycles. The molecule has 0 radical (unpaired) electrons. The van der Waals surface area contributed by atoms with Crippen LogP contribution in [-0.2, 0) is 0 Å². The summed E-state index contributed by atoms with van der Waals surface area (Å²) in [4.78, 5) is 0. The van der Waals surface area contributed by atoms with Crippen molar-refractivity contribution in [3.8, 4) is 5.75 Å². The highest BCUT2D eigenvalue weighted by atomic mass is 16.3. The minimum atomic E-state index is 0.0761. The van der Waals surface area contributed by atoms with Gasteiger partial charge in [0.25, 0.3) is 0 Å². The molecule has 140 valence electrons. The van der Waals surface area contributed by atoms with Crippen molar-refractivity contribution in [2.24, 2.45) is 0 Å². The maximum absolute atomic E-state index is 9.86. The van der Waals surface area contributed by atoms with Gasteiger partial charge >= 0.3 is 0 Å². The maximum atomic E-state index is 9.86. The zero-order chi connectivity index (χ0) is 19.8. The van der Waals surface area contributed by atoms with Crippen molar-refractivity contribution < 1.29 is 5.11 Å². The summed E-state index contributed by atoms with van der Waals surface area (Å²) in [6.07, 6.45) is 0. The molecule has 0 fully saturated rings. The predicted molar refractivity (Wildman–Crippen MR) is 122 cm³/mol. The first-order valence-electron chi connectivity index (χ1n) is 9.96. The van der Waals surface area contributed by atoms with Gasteiger partial charge in [0.15, 0.2) is 0 Å². The van der Waals surface area contributed by atoms with Gasteiger partial charge in [0.1, 0.15) is 5.75 Å². The molecular formula is C28H22O. The Kier molecular flexibility index (Phi) is 4.29. The summed E-state index contributed by atoms with van der Waals surface area (Å²) in [5.74, 6) is 0.367. The van der Waals surface area contributed by atoms with Gasteiger partial charge in [-0.2, -0.15) is 0 Å². The lowest BCUT2D eigenvalue weighted by Gasteiger charge is -2.23. The van der Waals surface area contributed by atoms with E-state index in [2.05, 4.69) is 85.8 Å². The molecule has 0 aliphatic carbocycles. The summed E-state index contributed by atoms with van der Waals surface area (Å²) in [7, 11) is 0. The minimum Gasteiger partial charge on any atom is -0.508 e. The van der Waals surface area contributed by atoms with Crippen LogP contribution in [0.1, 0.15) is 28.2 Å². The number of phenols is 1. The summed E-state index contributed by atoms with van der Waals surface area (Å²) in [6, 6.07) is 36.0. The average Bonchev–Trinajstić information content (AvgIpc) is 2.76. The van der Waals surface area contributed by atoms with E-state index < -0.39 is 0 Å². The van der Waals surface area contributed by atoms with E-state index in [0.29, 0.717) is 5.75 Å². The Morgan fingerprint density at radius 3 is 1.62 bits per heavy atom. The van der Waals surface area contributed by atoms with Crippen LogP contribution in [0.25, 0.3) is 21.5 Å². The number of hydrogen-bond donors (Lipinski definition) is 1. The van der Waals surface area contributed by atoms with Gasteiger partial charge in [0.2, 0.25) is 0 Å². The van der Waals surface area contributed by atoms with E-state index in [-0.39, 0.29) is 5.92 Å². The Bertz CT molecular complexity index is 1200. The summed E-state index contributed by atoms with van der Waals surface area (Å²) in [5, 5.41) is 14.9. The van der Waals surface area contributed by atoms with Crippen molar-refractivity contribution in [2.75, 3.05) is 0 Å². The first-order chi connectivity index (χ1) is 14.2. The highest BCUT2D eigenvalue weighted by molar-refractivity contribution is 6.03. The number of rotatable bonds is 3. The Labute approximate surface area is 170 Å². The molecule has 0 bridgehead atoms. The van der Waals surface area contributed by atoms with Gasteiger partial charge in [0.05, 0.1) is 0 Å². The van der Waals surface area contributed by atoms with Gasteiger partial charge < -0.3 is 5.11 Å². The lowest BCUT2D eigenvalue weighted by molar-refractivity contribution is 0.475. The maximum Gasteiger partial charge on any atom is 0.115 e. The lowest BCUT2D eigenvalue weighted by Crippen LogP contribution is -2.05. The SMILES string of the molecule is Cc1ccc(C(c2ccc(O)cc2)c2c3ccccc3cc3ccccc23)cc1. The van der Waals surface area contributed by atoms with Crippen molar-refractivity contribution in [1.82, 2.24) is 0 Å². The molecule has 5 aromatic rings. The van der Waals surface area contributed by atoms with E-state index in [1.807, 2.05) is 12.1 Å². The minimum absolute atomic E-state index is 0.0761. The molecule has 1 N–H and O–H groups in total. The summed E-state index contributed by atoms with van der Waals surface area (Å²) < 4.78 is 0. The van der Waals surface area contributed by atoms with Crippen molar-refractivity contribution in [3.63, 3.8) is 0 Å². The van der Waals surface area contributed by atoms with E-state index in [4.69, 9.17) is 0 Å². The van der Waals surface area contributed by atoms with Gasteiger partial charge in [-0.25, -0.2) is 0 Å². The first-order valence-corrected chi connectivity index (χ1v) is 9.96. The third-order valence-corrected chi connectivity index (χ3v) is 5.74. The summed E-state index contributed by atoms with van der Waals surface area (Å²) in [5.41, 5.74) is 4.99. The Morgan fingerprint density at radius 1 is 0.586 bits per heavy atom. The van der Waals surface area contributed by atoms with E-state index >= 15 is 0 Å². The highest BCUT2D eigenvalue weighted by Gasteiger charge is 2.22. The molecule has 0 amide bonds. The fourth-order valence-corrected chi connectivity index (χ4v) is 4.31. The molecule has 0 saturated heterocycles. The molecule has 29 heavy (non-hydrogen) atoms. The molecule has 1 atom stereocenters. The van der Waals surface area contributed by atoms with E-state index in [0.717, 1.165) is 0 Å². The van der Waals surface area contributed by atoms with Crippen LogP contribution in [0.15, 0.2) is 103 Å². The van der Waals surface area contributed by atoms with Gasteiger partial charge in [-0.1, -0.05) is 90.5 Å². The summed E-state index contributed by atoms with van der Waals surface area (Å²) in [6.45, 7) is 2.12. The number of benzene rings is 5. The second kappa shape index (κ2) is 7.10. The van der Waals surface area contributed by atoms with Crippen LogP contribution < -0.4 is 0 Å². The predicted octanol–water partition coefficient (Wildman–Crippen LogP) is 7.19. The van der Waals surface area contributed by atoms with Crippen LogP contribution in [0.5, 0.6) is 5.75 Å². The Hall–Kier alpha value is -3.58. The van der Waals surface area contributed by atoms with Crippen LogP contribution in [0.3, 0.4) is 0 Å². The largest absolute Gasteiger partial charge is 0.508 e. The number of phenolic OH excluding ortho intramolecular Hbond substituents is 1. The molecule has 1 heteroatoms. The van der Waals surface area contributed by atoms with E-state index in [1.165, 1.54) is 43.8 Å². The molecule has 5 aromatic carbocycles. The second-order valence-electron chi connectivity index (χ2n) is 7.67. The van der Waals surface area contributed by atoms with E-state index in [9.17, 15) is 5.11 Å². The molecule has 1 nitrogen and oxygen atoms in total.